The van der Waals surface area contributed by atoms with E-state index >= 15 is 0 Å². The van der Waals surface area contributed by atoms with Crippen molar-refractivity contribution in [3.63, 3.8) is 0 Å². The summed E-state index contributed by atoms with van der Waals surface area (Å²) in [6.45, 7) is 0.0694. The summed E-state index contributed by atoms with van der Waals surface area (Å²) in [6, 6.07) is 0. The van der Waals surface area contributed by atoms with Gasteiger partial charge in [-0.3, -0.25) is 0 Å². The molecule has 0 aromatic heterocycles. The van der Waals surface area contributed by atoms with Crippen LogP contribution in [0.1, 0.15) is 6.42 Å². The summed E-state index contributed by atoms with van der Waals surface area (Å²) < 4.78 is 0. The van der Waals surface area contributed by atoms with E-state index in [2.05, 4.69) is 9.99 Å². The van der Waals surface area contributed by atoms with Gasteiger partial charge in [-0.25, -0.2) is 0 Å². The van der Waals surface area contributed by atoms with Gasteiger partial charge in [-0.05, 0) is 0 Å². The Hall–Kier alpha value is -0.570. The van der Waals surface area contributed by atoms with Gasteiger partial charge in [-0.15, -0.1) is 0 Å². The van der Waals surface area contributed by atoms with Crippen molar-refractivity contribution in [3.05, 3.63) is 0 Å². The molecule has 0 aromatic rings. The van der Waals surface area contributed by atoms with Crippen molar-refractivity contribution in [2.45, 2.75) is 12.5 Å². The summed E-state index contributed by atoms with van der Waals surface area (Å²) in [6.07, 6.45) is 2.33. The van der Waals surface area contributed by atoms with Gasteiger partial charge in [0.2, 0.25) is 0 Å². The van der Waals surface area contributed by atoms with E-state index in [1.807, 2.05) is 0 Å². The first-order chi connectivity index (χ1) is 3.43. The molecule has 40 valence electrons. The molecule has 0 aromatic carbocycles. The van der Waals surface area contributed by atoms with Crippen LogP contribution in [0.5, 0.6) is 0 Å². The highest BCUT2D eigenvalue weighted by Crippen LogP contribution is 2.01. The highest BCUT2D eigenvalue weighted by molar-refractivity contribution is 5.58. The van der Waals surface area contributed by atoms with E-state index in [-0.39, 0.29) is 12.7 Å². The zero-order valence-corrected chi connectivity index (χ0v) is 3.87. The zero-order valence-electron chi connectivity index (χ0n) is 3.87. The van der Waals surface area contributed by atoms with E-state index in [0.29, 0.717) is 0 Å². The molecule has 0 spiro atoms. The Morgan fingerprint density at radius 2 is 2.86 bits per heavy atom. The van der Waals surface area contributed by atoms with Crippen molar-refractivity contribution in [3.8, 4) is 0 Å². The molecule has 1 heterocycles. The molecule has 0 fully saturated rings. The molecule has 3 nitrogen and oxygen atoms in total. The maximum absolute atomic E-state index is 8.36. The van der Waals surface area contributed by atoms with Gasteiger partial charge >= 0.3 is 0 Å². The molecule has 0 saturated heterocycles. The quantitative estimate of drug-likeness (QED) is 0.495. The van der Waals surface area contributed by atoms with Crippen molar-refractivity contribution in [2.75, 3.05) is 6.61 Å². The summed E-state index contributed by atoms with van der Waals surface area (Å²) in [5.41, 5.74) is 0. The molecule has 0 amide bonds. The van der Waals surface area contributed by atoms with Gasteiger partial charge in [0.1, 0.15) is 0 Å². The minimum absolute atomic E-state index is 0.0694. The van der Waals surface area contributed by atoms with E-state index in [9.17, 15) is 0 Å². The van der Waals surface area contributed by atoms with Crippen molar-refractivity contribution >= 4 is 6.21 Å². The summed E-state index contributed by atoms with van der Waals surface area (Å²) >= 11 is 0. The first kappa shape index (κ1) is 4.59. The number of aliphatic hydroxyl groups excluding tert-OH is 1. The van der Waals surface area contributed by atoms with Crippen LogP contribution in [0.2, 0.25) is 0 Å². The van der Waals surface area contributed by atoms with Crippen LogP contribution in [0.3, 0.4) is 0 Å². The Labute approximate surface area is 41.6 Å². The SMILES string of the molecule is OC[C@@H]1CC=NO1. The number of nitrogens with zero attached hydrogens (tertiary/aromatic N) is 1. The maximum atomic E-state index is 8.36. The second kappa shape index (κ2) is 1.93. The molecule has 1 rings (SSSR count). The van der Waals surface area contributed by atoms with Gasteiger partial charge in [0.25, 0.3) is 0 Å². The van der Waals surface area contributed by atoms with E-state index in [1.54, 1.807) is 6.21 Å². The lowest BCUT2D eigenvalue weighted by atomic mass is 10.3. The molecule has 0 bridgehead atoms. The topological polar surface area (TPSA) is 41.8 Å². The molecule has 1 aliphatic rings. The molecular weight excluding hydrogens is 94.0 g/mol. The van der Waals surface area contributed by atoms with Gasteiger partial charge in [-0.2, -0.15) is 0 Å². The molecule has 1 aliphatic heterocycles. The van der Waals surface area contributed by atoms with Gasteiger partial charge < -0.3 is 9.94 Å². The summed E-state index contributed by atoms with van der Waals surface area (Å²) in [4.78, 5) is 4.62. The first-order valence-corrected chi connectivity index (χ1v) is 2.22. The zero-order chi connectivity index (χ0) is 5.11. The smallest absolute Gasteiger partial charge is 0.155 e. The van der Waals surface area contributed by atoms with Crippen molar-refractivity contribution in [1.29, 1.82) is 0 Å². The van der Waals surface area contributed by atoms with Crippen LogP contribution in [-0.4, -0.2) is 24.0 Å². The van der Waals surface area contributed by atoms with Gasteiger partial charge in [0.15, 0.2) is 6.10 Å². The fraction of sp³-hybridized carbons (Fsp3) is 0.750. The largest absolute Gasteiger partial charge is 0.392 e. The van der Waals surface area contributed by atoms with Crippen LogP contribution < -0.4 is 0 Å². The second-order valence-electron chi connectivity index (χ2n) is 1.43. The predicted molar refractivity (Wildman–Crippen MR) is 25.1 cm³/mol. The highest BCUT2D eigenvalue weighted by atomic mass is 16.6. The lowest BCUT2D eigenvalue weighted by Crippen LogP contribution is -2.09. The third kappa shape index (κ3) is 0.899. The fourth-order valence-corrected chi connectivity index (χ4v) is 0.441. The predicted octanol–water partition coefficient (Wildman–Crippen LogP) is -0.247. The molecule has 7 heavy (non-hydrogen) atoms. The minimum atomic E-state index is -0.0694. The fourth-order valence-electron chi connectivity index (χ4n) is 0.441. The molecule has 1 N–H and O–H groups in total. The molecule has 0 unspecified atom stereocenters. The van der Waals surface area contributed by atoms with Crippen LogP contribution in [0.15, 0.2) is 5.16 Å². The Morgan fingerprint density at radius 1 is 2.00 bits per heavy atom. The molecule has 0 saturated carbocycles. The average Bonchev–Trinajstić information content (AvgIpc) is 2.14. The lowest BCUT2D eigenvalue weighted by molar-refractivity contribution is 0.0390. The van der Waals surface area contributed by atoms with Crippen LogP contribution >= 0.6 is 0 Å². The Kier molecular flexibility index (Phi) is 1.26. The van der Waals surface area contributed by atoms with Gasteiger partial charge in [0, 0.05) is 12.6 Å². The second-order valence-corrected chi connectivity index (χ2v) is 1.43. The van der Waals surface area contributed by atoms with Gasteiger partial charge in [-0.1, -0.05) is 5.16 Å². The lowest BCUT2D eigenvalue weighted by Gasteiger charge is -1.99. The normalized spacial score (nSPS) is 27.9. The summed E-state index contributed by atoms with van der Waals surface area (Å²) in [5, 5.41) is 11.8. The Morgan fingerprint density at radius 3 is 3.14 bits per heavy atom. The van der Waals surface area contributed by atoms with E-state index in [1.165, 1.54) is 0 Å². The highest BCUT2D eigenvalue weighted by Gasteiger charge is 2.09. The molecule has 1 atom stereocenters. The van der Waals surface area contributed by atoms with Crippen LogP contribution in [0.25, 0.3) is 0 Å². The Bertz CT molecular complexity index is 73.8. The average molecular weight is 101 g/mol. The maximum Gasteiger partial charge on any atom is 0.155 e. The number of oxime groups is 1. The molecule has 0 aliphatic carbocycles. The van der Waals surface area contributed by atoms with Gasteiger partial charge in [0.05, 0.1) is 6.61 Å². The monoisotopic (exact) mass is 101 g/mol. The van der Waals surface area contributed by atoms with Crippen LogP contribution in [0, 0.1) is 0 Å². The number of aliphatic hydroxyl groups is 1. The van der Waals surface area contributed by atoms with Crippen molar-refractivity contribution in [2.24, 2.45) is 5.16 Å². The van der Waals surface area contributed by atoms with E-state index in [0.717, 1.165) is 6.42 Å². The summed E-state index contributed by atoms with van der Waals surface area (Å²) in [7, 11) is 0. The van der Waals surface area contributed by atoms with E-state index < -0.39 is 0 Å². The third-order valence-corrected chi connectivity index (χ3v) is 0.856. The Balaban J connectivity index is 2.22. The minimum Gasteiger partial charge on any atom is -0.392 e. The third-order valence-electron chi connectivity index (χ3n) is 0.856. The molecular formula is C4H7NO2. The van der Waals surface area contributed by atoms with Crippen molar-refractivity contribution < 1.29 is 9.94 Å². The number of rotatable bonds is 1. The van der Waals surface area contributed by atoms with Crippen molar-refractivity contribution in [1.82, 2.24) is 0 Å². The molecule has 0 radical (unpaired) electrons. The first-order valence-electron chi connectivity index (χ1n) is 2.22. The molecule has 3 heteroatoms. The van der Waals surface area contributed by atoms with Crippen LogP contribution in [-0.2, 0) is 4.84 Å². The van der Waals surface area contributed by atoms with E-state index in [4.69, 9.17) is 5.11 Å². The standard InChI is InChI=1S/C4H7NO2/c6-3-4-1-2-5-7-4/h2,4,6H,1,3H2/t4-/m0/s1. The number of hydrogen-bond acceptors (Lipinski definition) is 3. The number of hydrogen-bond donors (Lipinski definition) is 1. The summed E-state index contributed by atoms with van der Waals surface area (Å²) in [5.74, 6) is 0. The van der Waals surface area contributed by atoms with Crippen LogP contribution in [0.4, 0.5) is 0 Å².